The maximum absolute atomic E-state index is 12.4. The van der Waals surface area contributed by atoms with Gasteiger partial charge in [0.25, 0.3) is 5.56 Å². The van der Waals surface area contributed by atoms with Crippen LogP contribution in [0.4, 0.5) is 0 Å². The molecule has 0 aliphatic heterocycles. The van der Waals surface area contributed by atoms with Crippen molar-refractivity contribution in [3.8, 4) is 11.8 Å². The second-order valence-electron chi connectivity index (χ2n) is 5.20. The van der Waals surface area contributed by atoms with Gasteiger partial charge in [-0.3, -0.25) is 18.7 Å². The van der Waals surface area contributed by atoms with E-state index in [4.69, 9.17) is 10.00 Å². The van der Waals surface area contributed by atoms with E-state index in [1.165, 1.54) is 24.8 Å². The molecule has 1 aromatic heterocycles. The maximum atomic E-state index is 12.4. The minimum Gasteiger partial charge on any atom is -0.496 e. The first kappa shape index (κ1) is 17.2. The van der Waals surface area contributed by atoms with Crippen LogP contribution in [0.15, 0.2) is 34.0 Å². The van der Waals surface area contributed by atoms with E-state index < -0.39 is 11.2 Å². The molecular formula is C17H17N3O4. The Morgan fingerprint density at radius 3 is 2.58 bits per heavy atom. The van der Waals surface area contributed by atoms with E-state index in [-0.39, 0.29) is 17.9 Å². The number of ketones is 1. The molecule has 2 rings (SSSR count). The van der Waals surface area contributed by atoms with Crippen LogP contribution in [-0.2, 0) is 13.1 Å². The molecule has 0 aliphatic rings. The lowest BCUT2D eigenvalue weighted by atomic mass is 10.1. The topological polar surface area (TPSA) is 94.1 Å². The summed E-state index contributed by atoms with van der Waals surface area (Å²) in [4.78, 5) is 36.3. The van der Waals surface area contributed by atoms with Crippen LogP contribution < -0.4 is 16.0 Å². The van der Waals surface area contributed by atoms with Crippen molar-refractivity contribution in [3.05, 3.63) is 61.9 Å². The lowest BCUT2D eigenvalue weighted by Crippen LogP contribution is -2.41. The van der Waals surface area contributed by atoms with E-state index in [1.54, 1.807) is 31.2 Å². The quantitative estimate of drug-likeness (QED) is 0.768. The number of aryl methyl sites for hydroxylation is 1. The van der Waals surface area contributed by atoms with Gasteiger partial charge in [-0.2, -0.15) is 5.26 Å². The zero-order chi connectivity index (χ0) is 17.9. The highest BCUT2D eigenvalue weighted by atomic mass is 16.5. The summed E-state index contributed by atoms with van der Waals surface area (Å²) in [7, 11) is 1.46. The molecule has 0 N–H and O–H groups in total. The van der Waals surface area contributed by atoms with E-state index >= 15 is 0 Å². The maximum Gasteiger partial charge on any atom is 0.331 e. The third kappa shape index (κ3) is 3.13. The normalized spacial score (nSPS) is 10.2. The largest absolute Gasteiger partial charge is 0.496 e. The molecular weight excluding hydrogens is 310 g/mol. The number of hydrogen-bond donors (Lipinski definition) is 0. The van der Waals surface area contributed by atoms with E-state index in [0.29, 0.717) is 23.4 Å². The van der Waals surface area contributed by atoms with Crippen LogP contribution in [0.2, 0.25) is 0 Å². The average molecular weight is 327 g/mol. The number of carbonyl (C=O) groups excluding carboxylic acids is 1. The van der Waals surface area contributed by atoms with E-state index in [0.717, 1.165) is 4.57 Å². The van der Waals surface area contributed by atoms with Crippen molar-refractivity contribution < 1.29 is 9.53 Å². The lowest BCUT2D eigenvalue weighted by Gasteiger charge is -2.13. The fourth-order valence-corrected chi connectivity index (χ4v) is 2.39. The van der Waals surface area contributed by atoms with Gasteiger partial charge in [-0.1, -0.05) is 0 Å². The van der Waals surface area contributed by atoms with Crippen molar-refractivity contribution in [2.24, 2.45) is 0 Å². The molecule has 0 saturated heterocycles. The van der Waals surface area contributed by atoms with Crippen molar-refractivity contribution in [1.82, 2.24) is 9.13 Å². The minimum absolute atomic E-state index is 0.0858. The fraction of sp³-hybridized carbons (Fsp3) is 0.294. The third-order valence-corrected chi connectivity index (χ3v) is 3.71. The Bertz CT molecular complexity index is 948. The van der Waals surface area contributed by atoms with Crippen LogP contribution >= 0.6 is 0 Å². The number of nitrogens with zero attached hydrogens (tertiary/aromatic N) is 3. The molecule has 1 heterocycles. The van der Waals surface area contributed by atoms with E-state index in [1.807, 2.05) is 0 Å². The summed E-state index contributed by atoms with van der Waals surface area (Å²) in [5.41, 5.74) is -0.328. The number of methoxy groups -OCH3 is 1. The number of aromatic nitrogens is 2. The van der Waals surface area contributed by atoms with Crippen LogP contribution in [-0.4, -0.2) is 22.0 Å². The SMILES string of the molecule is CCn1cc(C#N)c(=O)n(Cc2cc(C(C)=O)ccc2OC)c1=O. The van der Waals surface area contributed by atoms with Crippen molar-refractivity contribution in [2.45, 2.75) is 26.9 Å². The van der Waals surface area contributed by atoms with Crippen molar-refractivity contribution in [1.29, 1.82) is 5.26 Å². The van der Waals surface area contributed by atoms with Gasteiger partial charge in [0.1, 0.15) is 17.4 Å². The van der Waals surface area contributed by atoms with Crippen LogP contribution in [0.25, 0.3) is 0 Å². The second kappa shape index (κ2) is 6.96. The van der Waals surface area contributed by atoms with Gasteiger partial charge in [0.2, 0.25) is 0 Å². The van der Waals surface area contributed by atoms with Gasteiger partial charge in [-0.25, -0.2) is 4.79 Å². The van der Waals surface area contributed by atoms with Gasteiger partial charge >= 0.3 is 5.69 Å². The van der Waals surface area contributed by atoms with Crippen LogP contribution in [0.5, 0.6) is 5.75 Å². The molecule has 0 fully saturated rings. The third-order valence-electron chi connectivity index (χ3n) is 3.71. The predicted octanol–water partition coefficient (Wildman–Crippen LogP) is 1.16. The summed E-state index contributed by atoms with van der Waals surface area (Å²) in [6.45, 7) is 3.42. The van der Waals surface area contributed by atoms with Crippen LogP contribution in [0.3, 0.4) is 0 Å². The highest BCUT2D eigenvalue weighted by Gasteiger charge is 2.14. The Labute approximate surface area is 138 Å². The van der Waals surface area contributed by atoms with E-state index in [2.05, 4.69) is 0 Å². The first-order valence-corrected chi connectivity index (χ1v) is 7.35. The number of hydrogen-bond acceptors (Lipinski definition) is 5. The van der Waals surface area contributed by atoms with Crippen molar-refractivity contribution in [2.75, 3.05) is 7.11 Å². The van der Waals surface area contributed by atoms with E-state index in [9.17, 15) is 14.4 Å². The van der Waals surface area contributed by atoms with Gasteiger partial charge in [-0.15, -0.1) is 0 Å². The number of ether oxygens (including phenoxy) is 1. The molecule has 0 aliphatic carbocycles. The Morgan fingerprint density at radius 1 is 1.33 bits per heavy atom. The van der Waals surface area contributed by atoms with Gasteiger partial charge in [0.05, 0.1) is 13.7 Å². The molecule has 0 radical (unpaired) electrons. The number of Topliss-reactive ketones (excluding diaryl/α,β-unsaturated/α-hetero) is 1. The molecule has 24 heavy (non-hydrogen) atoms. The van der Waals surface area contributed by atoms with Gasteiger partial charge in [0.15, 0.2) is 5.78 Å². The van der Waals surface area contributed by atoms with Gasteiger partial charge in [-0.05, 0) is 32.0 Å². The summed E-state index contributed by atoms with van der Waals surface area (Å²) >= 11 is 0. The lowest BCUT2D eigenvalue weighted by molar-refractivity contribution is 0.101. The first-order valence-electron chi connectivity index (χ1n) is 7.35. The summed E-state index contributed by atoms with van der Waals surface area (Å²) in [6, 6.07) is 6.62. The van der Waals surface area contributed by atoms with Crippen molar-refractivity contribution in [3.63, 3.8) is 0 Å². The number of benzene rings is 1. The summed E-state index contributed by atoms with van der Waals surface area (Å²) in [5.74, 6) is 0.319. The van der Waals surface area contributed by atoms with Crippen LogP contribution in [0, 0.1) is 11.3 Å². The van der Waals surface area contributed by atoms with Crippen molar-refractivity contribution >= 4 is 5.78 Å². The monoisotopic (exact) mass is 327 g/mol. The Hall–Kier alpha value is -3.14. The van der Waals surface area contributed by atoms with Crippen LogP contribution in [0.1, 0.15) is 35.3 Å². The molecule has 0 atom stereocenters. The Balaban J connectivity index is 2.66. The fourth-order valence-electron chi connectivity index (χ4n) is 2.39. The molecule has 124 valence electrons. The summed E-state index contributed by atoms with van der Waals surface area (Å²) in [6.07, 6.45) is 1.25. The molecule has 2 aromatic rings. The number of nitriles is 1. The molecule has 7 nitrogen and oxygen atoms in total. The Kier molecular flexibility index (Phi) is 4.99. The minimum atomic E-state index is -0.664. The Morgan fingerprint density at radius 2 is 2.04 bits per heavy atom. The zero-order valence-electron chi connectivity index (χ0n) is 13.7. The summed E-state index contributed by atoms with van der Waals surface area (Å²) in [5, 5.41) is 9.09. The second-order valence-corrected chi connectivity index (χ2v) is 5.20. The summed E-state index contributed by atoms with van der Waals surface area (Å²) < 4.78 is 7.51. The molecule has 7 heteroatoms. The number of carbonyl (C=O) groups is 1. The molecule has 0 bridgehead atoms. The first-order chi connectivity index (χ1) is 11.4. The van der Waals surface area contributed by atoms with Gasteiger partial charge < -0.3 is 4.74 Å². The zero-order valence-corrected chi connectivity index (χ0v) is 13.7. The van der Waals surface area contributed by atoms with Gasteiger partial charge in [0, 0.05) is 23.9 Å². The standard InChI is InChI=1S/C17H17N3O4/c1-4-19-9-14(8-18)16(22)20(17(19)23)10-13-7-12(11(2)21)5-6-15(13)24-3/h5-7,9H,4,10H2,1-3H3. The highest BCUT2D eigenvalue weighted by molar-refractivity contribution is 5.94. The smallest absolute Gasteiger partial charge is 0.331 e. The number of rotatable bonds is 5. The molecule has 0 unspecified atom stereocenters. The highest BCUT2D eigenvalue weighted by Crippen LogP contribution is 2.20. The molecule has 0 spiro atoms. The average Bonchev–Trinajstić information content (AvgIpc) is 2.58. The molecule has 1 aromatic carbocycles. The molecule has 0 amide bonds. The molecule has 0 saturated carbocycles. The predicted molar refractivity (Wildman–Crippen MR) is 87.5 cm³/mol.